The van der Waals surface area contributed by atoms with Crippen LogP contribution in [0.4, 0.5) is 0 Å². The largest absolute Gasteiger partial charge is 0.349 e. The molecular weight excluding hydrogens is 268 g/mol. The fraction of sp³-hybridized carbons (Fsp3) is 0.400. The molecule has 21 heavy (non-hydrogen) atoms. The number of carbonyl (C=O) groups excluding carboxylic acids is 1. The Morgan fingerprint density at radius 1 is 1.43 bits per heavy atom. The molecule has 2 aromatic heterocycles. The van der Waals surface area contributed by atoms with Crippen molar-refractivity contribution in [2.24, 2.45) is 0 Å². The first-order valence-electron chi connectivity index (χ1n) is 7.07. The van der Waals surface area contributed by atoms with Crippen molar-refractivity contribution in [1.29, 1.82) is 0 Å². The number of hydrogen-bond donors (Lipinski definition) is 3. The molecule has 110 valence electrons. The molecule has 1 aliphatic rings. The summed E-state index contributed by atoms with van der Waals surface area (Å²) in [7, 11) is 0. The summed E-state index contributed by atoms with van der Waals surface area (Å²) >= 11 is 0. The number of aromatic nitrogens is 3. The lowest BCUT2D eigenvalue weighted by molar-refractivity contribution is 0.0932. The zero-order valence-electron chi connectivity index (χ0n) is 12.1. The van der Waals surface area contributed by atoms with Crippen LogP contribution in [0.1, 0.15) is 39.3 Å². The normalized spacial score (nSPS) is 17.3. The average Bonchev–Trinajstić information content (AvgIpc) is 2.90. The topological polar surface area (TPSA) is 90.6 Å². The number of nitrogens with one attached hydrogen (secondary N) is 3. The molecule has 0 bridgehead atoms. The zero-order chi connectivity index (χ0) is 15.0. The molecule has 1 aliphatic carbocycles. The highest BCUT2D eigenvalue weighted by molar-refractivity contribution is 5.94. The second-order valence-corrected chi connectivity index (χ2v) is 5.61. The van der Waals surface area contributed by atoms with Gasteiger partial charge in [-0.2, -0.15) is 5.10 Å². The smallest absolute Gasteiger partial charge is 0.261 e. The molecule has 1 atom stereocenters. The zero-order valence-corrected chi connectivity index (χ0v) is 12.1. The number of aryl methyl sites for hydroxylation is 3. The number of hydrogen-bond acceptors (Lipinski definition) is 3. The van der Waals surface area contributed by atoms with Crippen molar-refractivity contribution < 1.29 is 4.79 Å². The third kappa shape index (κ3) is 2.61. The lowest BCUT2D eigenvalue weighted by Gasteiger charge is -2.22. The predicted molar refractivity (Wildman–Crippen MR) is 78.4 cm³/mol. The molecule has 3 rings (SSSR count). The summed E-state index contributed by atoms with van der Waals surface area (Å²) in [6.07, 6.45) is 4.27. The van der Waals surface area contributed by atoms with Gasteiger partial charge in [0.05, 0.1) is 6.20 Å². The van der Waals surface area contributed by atoms with Crippen LogP contribution in [-0.2, 0) is 12.8 Å². The van der Waals surface area contributed by atoms with Gasteiger partial charge in [-0.1, -0.05) is 0 Å². The van der Waals surface area contributed by atoms with Crippen molar-refractivity contribution in [2.45, 2.75) is 39.2 Å². The third-order valence-corrected chi connectivity index (χ3v) is 4.09. The summed E-state index contributed by atoms with van der Waals surface area (Å²) in [5, 5.41) is 9.94. The van der Waals surface area contributed by atoms with Crippen LogP contribution in [-0.4, -0.2) is 27.1 Å². The average molecular weight is 286 g/mol. The van der Waals surface area contributed by atoms with Gasteiger partial charge in [0.1, 0.15) is 5.56 Å². The molecule has 6 heteroatoms. The van der Waals surface area contributed by atoms with Crippen LogP contribution in [0.3, 0.4) is 0 Å². The Morgan fingerprint density at radius 2 is 2.24 bits per heavy atom. The number of aromatic amines is 2. The van der Waals surface area contributed by atoms with E-state index in [9.17, 15) is 9.59 Å². The summed E-state index contributed by atoms with van der Waals surface area (Å²) in [6, 6.07) is 1.69. The Hall–Kier alpha value is -2.37. The molecule has 0 aromatic carbocycles. The first-order valence-corrected chi connectivity index (χ1v) is 7.07. The Kier molecular flexibility index (Phi) is 3.37. The van der Waals surface area contributed by atoms with E-state index in [-0.39, 0.29) is 23.1 Å². The Morgan fingerprint density at radius 3 is 3.05 bits per heavy atom. The lowest BCUT2D eigenvalue weighted by atomic mass is 9.93. The Balaban J connectivity index is 1.76. The molecule has 1 amide bonds. The van der Waals surface area contributed by atoms with Crippen LogP contribution in [0.5, 0.6) is 0 Å². The SMILES string of the molecule is Cc1cc(C(=O)N[C@@H]2CCc3[nH]ncc3C2)c(=O)[nH]c1C. The maximum absolute atomic E-state index is 12.3. The minimum atomic E-state index is -0.338. The summed E-state index contributed by atoms with van der Waals surface area (Å²) in [6.45, 7) is 3.69. The van der Waals surface area contributed by atoms with Crippen LogP contribution < -0.4 is 10.9 Å². The number of pyridine rings is 1. The maximum Gasteiger partial charge on any atom is 0.261 e. The Bertz CT molecular complexity index is 744. The summed E-state index contributed by atoms with van der Waals surface area (Å²) in [4.78, 5) is 26.9. The van der Waals surface area contributed by atoms with E-state index in [1.54, 1.807) is 12.3 Å². The van der Waals surface area contributed by atoms with Crippen molar-refractivity contribution in [2.75, 3.05) is 0 Å². The van der Waals surface area contributed by atoms with Crippen molar-refractivity contribution in [1.82, 2.24) is 20.5 Å². The van der Waals surface area contributed by atoms with Crippen molar-refractivity contribution in [3.8, 4) is 0 Å². The number of nitrogens with zero attached hydrogens (tertiary/aromatic N) is 1. The number of amides is 1. The molecule has 0 spiro atoms. The molecule has 3 N–H and O–H groups in total. The van der Waals surface area contributed by atoms with Gasteiger partial charge in [0.25, 0.3) is 11.5 Å². The van der Waals surface area contributed by atoms with E-state index in [0.29, 0.717) is 0 Å². The number of fused-ring (bicyclic) bond motifs is 1. The third-order valence-electron chi connectivity index (χ3n) is 4.09. The summed E-state index contributed by atoms with van der Waals surface area (Å²) in [5.41, 5.74) is 3.81. The maximum atomic E-state index is 12.3. The fourth-order valence-electron chi connectivity index (χ4n) is 2.70. The summed E-state index contributed by atoms with van der Waals surface area (Å²) in [5.74, 6) is -0.309. The van der Waals surface area contributed by atoms with Crippen LogP contribution in [0.25, 0.3) is 0 Å². The van der Waals surface area contributed by atoms with Gasteiger partial charge in [-0.15, -0.1) is 0 Å². The molecule has 0 radical (unpaired) electrons. The lowest BCUT2D eigenvalue weighted by Crippen LogP contribution is -2.40. The molecule has 0 aliphatic heterocycles. The fourth-order valence-corrected chi connectivity index (χ4v) is 2.70. The minimum absolute atomic E-state index is 0.0450. The van der Waals surface area contributed by atoms with E-state index in [4.69, 9.17) is 0 Å². The first-order chi connectivity index (χ1) is 10.0. The number of H-pyrrole nitrogens is 2. The molecule has 2 heterocycles. The Labute approximate surface area is 122 Å². The number of rotatable bonds is 2. The van der Waals surface area contributed by atoms with Crippen LogP contribution in [0, 0.1) is 13.8 Å². The highest BCUT2D eigenvalue weighted by Crippen LogP contribution is 2.19. The van der Waals surface area contributed by atoms with Crippen molar-refractivity contribution in [3.63, 3.8) is 0 Å². The van der Waals surface area contributed by atoms with Gasteiger partial charge in [0, 0.05) is 17.4 Å². The van der Waals surface area contributed by atoms with Gasteiger partial charge in [0.15, 0.2) is 0 Å². The quantitative estimate of drug-likeness (QED) is 0.769. The van der Waals surface area contributed by atoms with E-state index in [0.717, 1.165) is 41.8 Å². The van der Waals surface area contributed by atoms with E-state index >= 15 is 0 Å². The molecule has 2 aromatic rings. The van der Waals surface area contributed by atoms with E-state index in [1.807, 2.05) is 13.8 Å². The second kappa shape index (κ2) is 5.20. The predicted octanol–water partition coefficient (Wildman–Crippen LogP) is 1.00. The van der Waals surface area contributed by atoms with Gasteiger partial charge in [0.2, 0.25) is 0 Å². The van der Waals surface area contributed by atoms with E-state index < -0.39 is 0 Å². The molecule has 6 nitrogen and oxygen atoms in total. The molecule has 0 saturated heterocycles. The van der Waals surface area contributed by atoms with Crippen molar-refractivity contribution >= 4 is 5.91 Å². The minimum Gasteiger partial charge on any atom is -0.349 e. The standard InChI is InChI=1S/C15H18N4O2/c1-8-5-12(14(20)17-9(8)2)15(21)18-11-3-4-13-10(6-11)7-16-19-13/h5,7,11H,3-4,6H2,1-2H3,(H,16,19)(H,17,20)(H,18,21)/t11-/m1/s1. The highest BCUT2D eigenvalue weighted by atomic mass is 16.2. The van der Waals surface area contributed by atoms with Crippen LogP contribution >= 0.6 is 0 Å². The van der Waals surface area contributed by atoms with E-state index in [1.165, 1.54) is 0 Å². The van der Waals surface area contributed by atoms with E-state index in [2.05, 4.69) is 20.5 Å². The monoisotopic (exact) mass is 286 g/mol. The highest BCUT2D eigenvalue weighted by Gasteiger charge is 2.23. The van der Waals surface area contributed by atoms with Crippen molar-refractivity contribution in [3.05, 3.63) is 50.7 Å². The molecule has 0 unspecified atom stereocenters. The summed E-state index contributed by atoms with van der Waals surface area (Å²) < 4.78 is 0. The van der Waals surface area contributed by atoms with Gasteiger partial charge < -0.3 is 10.3 Å². The van der Waals surface area contributed by atoms with Gasteiger partial charge in [-0.3, -0.25) is 14.7 Å². The van der Waals surface area contributed by atoms with Gasteiger partial charge >= 0.3 is 0 Å². The second-order valence-electron chi connectivity index (χ2n) is 5.61. The molecule has 0 fully saturated rings. The molecule has 0 saturated carbocycles. The first kappa shape index (κ1) is 13.6. The van der Waals surface area contributed by atoms with Gasteiger partial charge in [-0.05, 0) is 50.3 Å². The molecular formula is C15H18N4O2. The van der Waals surface area contributed by atoms with Gasteiger partial charge in [-0.25, -0.2) is 0 Å². The van der Waals surface area contributed by atoms with Crippen LogP contribution in [0.15, 0.2) is 17.1 Å². The van der Waals surface area contributed by atoms with Crippen LogP contribution in [0.2, 0.25) is 0 Å². The number of carbonyl (C=O) groups is 1.